The van der Waals surface area contributed by atoms with Crippen molar-refractivity contribution in [2.45, 2.75) is 0 Å². The van der Waals surface area contributed by atoms with Crippen molar-refractivity contribution in [1.82, 2.24) is 15.0 Å². The van der Waals surface area contributed by atoms with Gasteiger partial charge in [-0.2, -0.15) is 0 Å². The number of fused-ring (bicyclic) bond motifs is 3. The SMILES string of the molecule is Clc1ccc2c(c1)[nH]c1c(Cl)ncnc12. The molecule has 1 aromatic carbocycles. The van der Waals surface area contributed by atoms with Gasteiger partial charge < -0.3 is 4.98 Å². The lowest BCUT2D eigenvalue weighted by Crippen LogP contribution is -1.79. The van der Waals surface area contributed by atoms with E-state index in [1.807, 2.05) is 18.2 Å². The number of rotatable bonds is 0. The minimum Gasteiger partial charge on any atom is -0.351 e. The number of hydrogen-bond donors (Lipinski definition) is 1. The van der Waals surface area contributed by atoms with Gasteiger partial charge in [-0.05, 0) is 18.2 Å². The zero-order valence-corrected chi connectivity index (χ0v) is 8.97. The Balaban J connectivity index is 2.57. The number of halogens is 2. The van der Waals surface area contributed by atoms with Crippen molar-refractivity contribution in [3.63, 3.8) is 0 Å². The van der Waals surface area contributed by atoms with Crippen LogP contribution < -0.4 is 0 Å². The molecule has 0 bridgehead atoms. The summed E-state index contributed by atoms with van der Waals surface area (Å²) in [7, 11) is 0. The van der Waals surface area contributed by atoms with Crippen LogP contribution in [-0.2, 0) is 0 Å². The Morgan fingerprint density at radius 2 is 2.00 bits per heavy atom. The Morgan fingerprint density at radius 3 is 2.87 bits per heavy atom. The lowest BCUT2D eigenvalue weighted by molar-refractivity contribution is 1.22. The number of nitrogens with zero attached hydrogens (tertiary/aromatic N) is 2. The highest BCUT2D eigenvalue weighted by atomic mass is 35.5. The molecule has 74 valence electrons. The molecule has 0 spiro atoms. The number of nitrogens with one attached hydrogen (secondary N) is 1. The Bertz CT molecular complexity index is 660. The molecule has 0 saturated carbocycles. The number of H-pyrrole nitrogens is 1. The van der Waals surface area contributed by atoms with Crippen LogP contribution in [0.15, 0.2) is 24.5 Å². The van der Waals surface area contributed by atoms with Crippen molar-refractivity contribution >= 4 is 45.1 Å². The molecular weight excluding hydrogens is 233 g/mol. The second-order valence-electron chi connectivity index (χ2n) is 3.20. The molecule has 3 aromatic rings. The summed E-state index contributed by atoms with van der Waals surface area (Å²) in [4.78, 5) is 11.3. The highest BCUT2D eigenvalue weighted by Gasteiger charge is 2.08. The molecule has 3 nitrogen and oxygen atoms in total. The van der Waals surface area contributed by atoms with E-state index in [-0.39, 0.29) is 0 Å². The number of hydrogen-bond acceptors (Lipinski definition) is 2. The van der Waals surface area contributed by atoms with Crippen molar-refractivity contribution in [3.05, 3.63) is 34.7 Å². The lowest BCUT2D eigenvalue weighted by Gasteiger charge is -1.90. The van der Waals surface area contributed by atoms with Gasteiger partial charge in [0.25, 0.3) is 0 Å². The molecule has 15 heavy (non-hydrogen) atoms. The van der Waals surface area contributed by atoms with Crippen LogP contribution >= 0.6 is 23.2 Å². The van der Waals surface area contributed by atoms with Crippen molar-refractivity contribution in [3.8, 4) is 0 Å². The molecule has 0 atom stereocenters. The van der Waals surface area contributed by atoms with E-state index in [2.05, 4.69) is 15.0 Å². The monoisotopic (exact) mass is 237 g/mol. The Kier molecular flexibility index (Phi) is 1.84. The van der Waals surface area contributed by atoms with E-state index in [1.165, 1.54) is 6.33 Å². The zero-order valence-electron chi connectivity index (χ0n) is 7.46. The maximum Gasteiger partial charge on any atom is 0.156 e. The van der Waals surface area contributed by atoms with E-state index < -0.39 is 0 Å². The average molecular weight is 238 g/mol. The molecule has 2 heterocycles. The van der Waals surface area contributed by atoms with E-state index in [0.29, 0.717) is 10.2 Å². The summed E-state index contributed by atoms with van der Waals surface area (Å²) < 4.78 is 0. The largest absolute Gasteiger partial charge is 0.351 e. The van der Waals surface area contributed by atoms with Gasteiger partial charge in [-0.3, -0.25) is 0 Å². The van der Waals surface area contributed by atoms with Crippen molar-refractivity contribution < 1.29 is 0 Å². The molecule has 0 radical (unpaired) electrons. The summed E-state index contributed by atoms with van der Waals surface area (Å²) in [6, 6.07) is 5.59. The third kappa shape index (κ3) is 1.28. The molecule has 0 fully saturated rings. The molecule has 2 aromatic heterocycles. The summed E-state index contributed by atoms with van der Waals surface area (Å²) in [5.41, 5.74) is 2.48. The summed E-state index contributed by atoms with van der Waals surface area (Å²) in [5, 5.41) is 2.10. The highest BCUT2D eigenvalue weighted by Crippen LogP contribution is 2.28. The van der Waals surface area contributed by atoms with Gasteiger partial charge in [-0.1, -0.05) is 23.2 Å². The Morgan fingerprint density at radius 1 is 1.13 bits per heavy atom. The molecule has 0 saturated heterocycles. The van der Waals surface area contributed by atoms with Crippen LogP contribution in [-0.4, -0.2) is 15.0 Å². The first-order chi connectivity index (χ1) is 7.25. The topological polar surface area (TPSA) is 41.6 Å². The smallest absolute Gasteiger partial charge is 0.156 e. The van der Waals surface area contributed by atoms with Crippen LogP contribution in [0.25, 0.3) is 21.9 Å². The standard InChI is InChI=1S/C10H5Cl2N3/c11-5-1-2-6-7(3-5)15-9-8(6)13-4-14-10(9)12/h1-4,15H. The third-order valence-electron chi connectivity index (χ3n) is 2.30. The van der Waals surface area contributed by atoms with Crippen molar-refractivity contribution in [2.75, 3.05) is 0 Å². The molecule has 0 amide bonds. The summed E-state index contributed by atoms with van der Waals surface area (Å²) in [6.45, 7) is 0. The first kappa shape index (κ1) is 8.95. The van der Waals surface area contributed by atoms with Crippen LogP contribution in [0.3, 0.4) is 0 Å². The molecule has 0 aliphatic rings. The number of aromatic amines is 1. The molecule has 5 heteroatoms. The number of benzene rings is 1. The van der Waals surface area contributed by atoms with Crippen molar-refractivity contribution in [1.29, 1.82) is 0 Å². The molecular formula is C10H5Cl2N3. The van der Waals surface area contributed by atoms with Gasteiger partial charge >= 0.3 is 0 Å². The average Bonchev–Trinajstić information content (AvgIpc) is 2.57. The van der Waals surface area contributed by atoms with E-state index in [4.69, 9.17) is 23.2 Å². The maximum absolute atomic E-state index is 5.95. The van der Waals surface area contributed by atoms with Gasteiger partial charge in [0, 0.05) is 15.9 Å². The number of aromatic nitrogens is 3. The fourth-order valence-electron chi connectivity index (χ4n) is 1.64. The fraction of sp³-hybridized carbons (Fsp3) is 0. The van der Waals surface area contributed by atoms with Crippen LogP contribution in [0.4, 0.5) is 0 Å². The zero-order chi connectivity index (χ0) is 10.4. The Labute approximate surface area is 95.0 Å². The van der Waals surface area contributed by atoms with Crippen LogP contribution in [0.5, 0.6) is 0 Å². The molecule has 0 aliphatic carbocycles. The molecule has 0 unspecified atom stereocenters. The van der Waals surface area contributed by atoms with Crippen LogP contribution in [0, 0.1) is 0 Å². The second-order valence-corrected chi connectivity index (χ2v) is 4.00. The van der Waals surface area contributed by atoms with E-state index in [0.717, 1.165) is 21.9 Å². The Hall–Kier alpha value is -1.32. The van der Waals surface area contributed by atoms with Gasteiger partial charge in [0.05, 0.1) is 0 Å². The predicted octanol–water partition coefficient (Wildman–Crippen LogP) is 3.42. The minimum atomic E-state index is 0.423. The lowest BCUT2D eigenvalue weighted by atomic mass is 10.2. The third-order valence-corrected chi connectivity index (χ3v) is 2.82. The summed E-state index contributed by atoms with van der Waals surface area (Å²) >= 11 is 11.8. The quantitative estimate of drug-likeness (QED) is 0.609. The van der Waals surface area contributed by atoms with Crippen LogP contribution in [0.1, 0.15) is 0 Å². The van der Waals surface area contributed by atoms with Gasteiger partial charge in [0.1, 0.15) is 17.4 Å². The van der Waals surface area contributed by atoms with E-state index >= 15 is 0 Å². The summed E-state index contributed by atoms with van der Waals surface area (Å²) in [5.74, 6) is 0. The maximum atomic E-state index is 5.95. The molecule has 0 aliphatic heterocycles. The van der Waals surface area contributed by atoms with Gasteiger partial charge in [0.15, 0.2) is 5.15 Å². The van der Waals surface area contributed by atoms with Gasteiger partial charge in [-0.25, -0.2) is 9.97 Å². The predicted molar refractivity (Wildman–Crippen MR) is 61.4 cm³/mol. The van der Waals surface area contributed by atoms with Gasteiger partial charge in [-0.15, -0.1) is 0 Å². The van der Waals surface area contributed by atoms with E-state index in [9.17, 15) is 0 Å². The first-order valence-electron chi connectivity index (χ1n) is 4.33. The van der Waals surface area contributed by atoms with Crippen LogP contribution in [0.2, 0.25) is 10.2 Å². The first-order valence-corrected chi connectivity index (χ1v) is 5.09. The van der Waals surface area contributed by atoms with E-state index in [1.54, 1.807) is 0 Å². The normalized spacial score (nSPS) is 11.3. The molecule has 3 rings (SSSR count). The summed E-state index contributed by atoms with van der Waals surface area (Å²) in [6.07, 6.45) is 1.45. The second kappa shape index (κ2) is 3.08. The fourth-order valence-corrected chi connectivity index (χ4v) is 1.99. The van der Waals surface area contributed by atoms with Gasteiger partial charge in [0.2, 0.25) is 0 Å². The molecule has 1 N–H and O–H groups in total. The minimum absolute atomic E-state index is 0.423. The highest BCUT2D eigenvalue weighted by molar-refractivity contribution is 6.35. The van der Waals surface area contributed by atoms with Crippen molar-refractivity contribution in [2.24, 2.45) is 0 Å².